The Kier molecular flexibility index (Phi) is 5.78. The van der Waals surface area contributed by atoms with Crippen molar-refractivity contribution in [2.45, 2.75) is 63.6 Å². The summed E-state index contributed by atoms with van der Waals surface area (Å²) in [6, 6.07) is 0.537. The van der Waals surface area contributed by atoms with E-state index in [4.69, 9.17) is 0 Å². The second-order valence-corrected chi connectivity index (χ2v) is 10.9. The SMILES string of the molecule is CCS(=O)(=O)N1CCC(Nc2ncc3cc(F)c(=O)n([C@@H]4CCC[C@@]4(C)O)c3n2)CC1. The maximum absolute atomic E-state index is 14.3. The monoisotopic (exact) mass is 453 g/mol. The number of fused-ring (bicyclic) bond motifs is 1. The Morgan fingerprint density at radius 3 is 2.65 bits per heavy atom. The van der Waals surface area contributed by atoms with Crippen molar-refractivity contribution in [1.82, 2.24) is 18.8 Å². The van der Waals surface area contributed by atoms with Crippen LogP contribution >= 0.6 is 0 Å². The third-order valence-electron chi connectivity index (χ3n) is 6.46. The summed E-state index contributed by atoms with van der Waals surface area (Å²) in [5, 5.41) is 14.3. The van der Waals surface area contributed by atoms with E-state index in [1.54, 1.807) is 13.8 Å². The van der Waals surface area contributed by atoms with E-state index in [0.29, 0.717) is 50.1 Å². The fourth-order valence-corrected chi connectivity index (χ4v) is 5.76. The van der Waals surface area contributed by atoms with Gasteiger partial charge in [-0.1, -0.05) is 0 Å². The van der Waals surface area contributed by atoms with Crippen LogP contribution in [0.3, 0.4) is 0 Å². The van der Waals surface area contributed by atoms with Crippen LogP contribution in [0.25, 0.3) is 11.0 Å². The largest absolute Gasteiger partial charge is 0.388 e. The summed E-state index contributed by atoms with van der Waals surface area (Å²) in [4.78, 5) is 21.4. The molecule has 1 aliphatic heterocycles. The van der Waals surface area contributed by atoms with Crippen LogP contribution in [0, 0.1) is 5.82 Å². The minimum absolute atomic E-state index is 0.0176. The Bertz CT molecular complexity index is 1140. The zero-order valence-corrected chi connectivity index (χ0v) is 18.5. The van der Waals surface area contributed by atoms with Crippen molar-refractivity contribution in [1.29, 1.82) is 0 Å². The Labute approximate surface area is 180 Å². The van der Waals surface area contributed by atoms with Gasteiger partial charge in [0, 0.05) is 30.7 Å². The number of pyridine rings is 1. The highest BCUT2D eigenvalue weighted by Gasteiger charge is 2.40. The van der Waals surface area contributed by atoms with E-state index in [-0.39, 0.29) is 17.4 Å². The van der Waals surface area contributed by atoms with Crippen molar-refractivity contribution in [3.8, 4) is 0 Å². The average molecular weight is 454 g/mol. The maximum atomic E-state index is 14.3. The predicted octanol–water partition coefficient (Wildman–Crippen LogP) is 1.63. The number of anilines is 1. The second-order valence-electron chi connectivity index (χ2n) is 8.62. The van der Waals surface area contributed by atoms with Crippen LogP contribution in [0.15, 0.2) is 17.1 Å². The summed E-state index contributed by atoms with van der Waals surface area (Å²) in [6.45, 7) is 4.13. The third kappa shape index (κ3) is 4.18. The Morgan fingerprint density at radius 2 is 2.03 bits per heavy atom. The zero-order chi connectivity index (χ0) is 22.4. The summed E-state index contributed by atoms with van der Waals surface area (Å²) in [5.74, 6) is -0.525. The number of hydrogen-bond donors (Lipinski definition) is 2. The Hall–Kier alpha value is -2.11. The van der Waals surface area contributed by atoms with E-state index in [0.717, 1.165) is 12.5 Å². The highest BCUT2D eigenvalue weighted by Crippen LogP contribution is 2.39. The van der Waals surface area contributed by atoms with E-state index < -0.39 is 33.0 Å². The van der Waals surface area contributed by atoms with Gasteiger partial charge in [-0.15, -0.1) is 0 Å². The summed E-state index contributed by atoms with van der Waals surface area (Å²) in [7, 11) is -3.20. The molecule has 2 N–H and O–H groups in total. The van der Waals surface area contributed by atoms with Gasteiger partial charge in [0.25, 0.3) is 5.56 Å². The first kappa shape index (κ1) is 22.1. The molecule has 11 heteroatoms. The molecular weight excluding hydrogens is 425 g/mol. The van der Waals surface area contributed by atoms with E-state index in [9.17, 15) is 22.7 Å². The molecule has 0 amide bonds. The molecule has 2 fully saturated rings. The molecule has 9 nitrogen and oxygen atoms in total. The van der Waals surface area contributed by atoms with Gasteiger partial charge in [0.2, 0.25) is 16.0 Å². The topological polar surface area (TPSA) is 117 Å². The fraction of sp³-hybridized carbons (Fsp3) is 0.650. The van der Waals surface area contributed by atoms with Gasteiger partial charge in [-0.25, -0.2) is 22.1 Å². The number of nitrogens with one attached hydrogen (secondary N) is 1. The molecule has 2 atom stereocenters. The molecule has 0 aromatic carbocycles. The number of sulfonamides is 1. The number of aliphatic hydroxyl groups is 1. The molecule has 0 radical (unpaired) electrons. The lowest BCUT2D eigenvalue weighted by atomic mass is 10.00. The number of hydrogen-bond acceptors (Lipinski definition) is 7. The van der Waals surface area contributed by atoms with Crippen molar-refractivity contribution in [3.63, 3.8) is 0 Å². The Morgan fingerprint density at radius 1 is 1.32 bits per heavy atom. The number of rotatable bonds is 5. The van der Waals surface area contributed by atoms with Crippen LogP contribution in [0.1, 0.15) is 52.0 Å². The van der Waals surface area contributed by atoms with E-state index in [2.05, 4.69) is 15.3 Å². The first-order valence-electron chi connectivity index (χ1n) is 10.7. The second kappa shape index (κ2) is 8.10. The van der Waals surface area contributed by atoms with Gasteiger partial charge in [0.05, 0.1) is 17.4 Å². The van der Waals surface area contributed by atoms with Gasteiger partial charge in [-0.2, -0.15) is 4.98 Å². The third-order valence-corrected chi connectivity index (χ3v) is 8.35. The van der Waals surface area contributed by atoms with Gasteiger partial charge in [-0.05, 0) is 52.0 Å². The van der Waals surface area contributed by atoms with Crippen LogP contribution < -0.4 is 10.9 Å². The number of nitrogens with zero attached hydrogens (tertiary/aromatic N) is 4. The van der Waals surface area contributed by atoms with Crippen molar-refractivity contribution in [2.24, 2.45) is 0 Å². The number of aromatic nitrogens is 3. The van der Waals surface area contributed by atoms with Gasteiger partial charge in [-0.3, -0.25) is 9.36 Å². The average Bonchev–Trinajstić information content (AvgIpc) is 3.08. The quantitative estimate of drug-likeness (QED) is 0.707. The minimum atomic E-state index is -3.20. The molecule has 2 aliphatic rings. The molecule has 0 bridgehead atoms. The predicted molar refractivity (Wildman–Crippen MR) is 115 cm³/mol. The molecule has 0 unspecified atom stereocenters. The molecule has 4 rings (SSSR count). The lowest BCUT2D eigenvalue weighted by molar-refractivity contribution is 0.0263. The first-order valence-corrected chi connectivity index (χ1v) is 12.3. The molecule has 31 heavy (non-hydrogen) atoms. The lowest BCUT2D eigenvalue weighted by Gasteiger charge is -2.31. The van der Waals surface area contributed by atoms with Crippen molar-refractivity contribution < 1.29 is 17.9 Å². The van der Waals surface area contributed by atoms with Gasteiger partial charge < -0.3 is 10.4 Å². The van der Waals surface area contributed by atoms with E-state index >= 15 is 0 Å². The van der Waals surface area contributed by atoms with Gasteiger partial charge >= 0.3 is 0 Å². The van der Waals surface area contributed by atoms with Crippen molar-refractivity contribution in [2.75, 3.05) is 24.2 Å². The summed E-state index contributed by atoms with van der Waals surface area (Å²) < 4.78 is 41.1. The van der Waals surface area contributed by atoms with E-state index in [1.807, 2.05) is 0 Å². The van der Waals surface area contributed by atoms with Gasteiger partial charge in [0.1, 0.15) is 5.65 Å². The molecule has 1 saturated heterocycles. The molecule has 2 aromatic rings. The van der Waals surface area contributed by atoms with Crippen molar-refractivity contribution >= 4 is 27.0 Å². The number of halogens is 1. The summed E-state index contributed by atoms with van der Waals surface area (Å²) in [6.07, 6.45) is 4.49. The highest BCUT2D eigenvalue weighted by atomic mass is 32.2. The summed E-state index contributed by atoms with van der Waals surface area (Å²) in [5.41, 5.74) is -1.65. The molecule has 0 spiro atoms. The minimum Gasteiger partial charge on any atom is -0.388 e. The first-order chi connectivity index (χ1) is 14.6. The standard InChI is InChI=1S/C20H28FN5O4S/c1-3-31(29,30)25-9-6-14(7-10-25)23-19-22-12-13-11-15(21)18(27)26(17(13)24-19)16-5-4-8-20(16,2)28/h11-12,14,16,28H,3-10H2,1-2H3,(H,22,23,24)/t16-,20-/m1/s1. The molecule has 170 valence electrons. The highest BCUT2D eigenvalue weighted by molar-refractivity contribution is 7.89. The fourth-order valence-electron chi connectivity index (χ4n) is 4.63. The maximum Gasteiger partial charge on any atom is 0.288 e. The van der Waals surface area contributed by atoms with Crippen LogP contribution in [0.4, 0.5) is 10.3 Å². The molecule has 1 saturated carbocycles. The molecule has 2 aromatic heterocycles. The Balaban J connectivity index is 1.62. The zero-order valence-electron chi connectivity index (χ0n) is 17.7. The van der Waals surface area contributed by atoms with Crippen molar-refractivity contribution in [3.05, 3.63) is 28.4 Å². The summed E-state index contributed by atoms with van der Waals surface area (Å²) >= 11 is 0. The van der Waals surface area contributed by atoms with E-state index in [1.165, 1.54) is 15.1 Å². The molecule has 1 aliphatic carbocycles. The smallest absolute Gasteiger partial charge is 0.288 e. The molecule has 3 heterocycles. The lowest BCUT2D eigenvalue weighted by Crippen LogP contribution is -2.43. The van der Waals surface area contributed by atoms with Crippen LogP contribution in [0.2, 0.25) is 0 Å². The molecular formula is C20H28FN5O4S. The van der Waals surface area contributed by atoms with Crippen LogP contribution in [0.5, 0.6) is 0 Å². The van der Waals surface area contributed by atoms with Crippen LogP contribution in [-0.4, -0.2) is 62.8 Å². The van der Waals surface area contributed by atoms with Crippen LogP contribution in [-0.2, 0) is 10.0 Å². The van der Waals surface area contributed by atoms with Gasteiger partial charge in [0.15, 0.2) is 5.82 Å². The normalized spacial score (nSPS) is 25.9. The number of piperidine rings is 1.